The Morgan fingerprint density at radius 2 is 2.00 bits per heavy atom. The van der Waals surface area contributed by atoms with Gasteiger partial charge < -0.3 is 10.4 Å². The van der Waals surface area contributed by atoms with Crippen molar-refractivity contribution in [1.82, 2.24) is 9.97 Å². The Labute approximate surface area is 92.5 Å². The average molecular weight is 249 g/mol. The number of rotatable bonds is 2. The summed E-state index contributed by atoms with van der Waals surface area (Å²) in [6, 6.07) is 0. The summed E-state index contributed by atoms with van der Waals surface area (Å²) in [7, 11) is 0. The molecule has 0 saturated heterocycles. The molecule has 1 heterocycles. The minimum Gasteiger partial charge on any atom is -0.476 e. The van der Waals surface area contributed by atoms with Crippen LogP contribution in [0.25, 0.3) is 0 Å². The van der Waals surface area contributed by atoms with Crippen molar-refractivity contribution in [2.75, 3.05) is 5.32 Å². The Morgan fingerprint density at radius 1 is 1.41 bits per heavy atom. The van der Waals surface area contributed by atoms with E-state index >= 15 is 0 Å². The van der Waals surface area contributed by atoms with E-state index in [4.69, 9.17) is 5.11 Å². The van der Waals surface area contributed by atoms with Gasteiger partial charge in [-0.25, -0.2) is 14.8 Å². The number of carbonyl (C=O) groups is 2. The third kappa shape index (κ3) is 3.13. The van der Waals surface area contributed by atoms with E-state index in [-0.39, 0.29) is 5.69 Å². The molecule has 17 heavy (non-hydrogen) atoms. The van der Waals surface area contributed by atoms with Crippen LogP contribution >= 0.6 is 0 Å². The molecule has 0 unspecified atom stereocenters. The number of aromatic carboxylic acids is 1. The standard InChI is InChI=1S/C8H6F3N3O3/c1-3-5(14-7(17)8(9,10)11)12-2-4(13-3)6(15)16/h2H,1H3,(H,15,16)(H,12,14,17). The molecule has 6 nitrogen and oxygen atoms in total. The van der Waals surface area contributed by atoms with Crippen molar-refractivity contribution in [1.29, 1.82) is 0 Å². The van der Waals surface area contributed by atoms with Crippen molar-refractivity contribution in [3.8, 4) is 0 Å². The number of amides is 1. The topological polar surface area (TPSA) is 92.2 Å². The Kier molecular flexibility index (Phi) is 3.30. The molecule has 0 radical (unpaired) electrons. The third-order valence-corrected chi connectivity index (χ3v) is 1.66. The van der Waals surface area contributed by atoms with Gasteiger partial charge in [0, 0.05) is 0 Å². The maximum Gasteiger partial charge on any atom is 0.471 e. The molecule has 0 saturated carbocycles. The number of aryl methyl sites for hydroxylation is 1. The summed E-state index contributed by atoms with van der Waals surface area (Å²) in [5, 5.41) is 10.0. The number of hydrogen-bond donors (Lipinski definition) is 2. The fraction of sp³-hybridized carbons (Fsp3) is 0.250. The fourth-order valence-corrected chi connectivity index (χ4v) is 0.886. The van der Waals surface area contributed by atoms with E-state index in [1.165, 1.54) is 12.2 Å². The van der Waals surface area contributed by atoms with Gasteiger partial charge in [-0.05, 0) is 6.92 Å². The largest absolute Gasteiger partial charge is 0.476 e. The maximum absolute atomic E-state index is 11.9. The van der Waals surface area contributed by atoms with Gasteiger partial charge in [0.15, 0.2) is 11.5 Å². The van der Waals surface area contributed by atoms with Crippen LogP contribution < -0.4 is 5.32 Å². The van der Waals surface area contributed by atoms with Crippen LogP contribution in [0.2, 0.25) is 0 Å². The molecule has 0 atom stereocenters. The lowest BCUT2D eigenvalue weighted by molar-refractivity contribution is -0.167. The first-order chi connectivity index (χ1) is 7.71. The summed E-state index contributed by atoms with van der Waals surface area (Å²) >= 11 is 0. The summed E-state index contributed by atoms with van der Waals surface area (Å²) in [5.41, 5.74) is -0.546. The first-order valence-electron chi connectivity index (χ1n) is 4.17. The lowest BCUT2D eigenvalue weighted by Crippen LogP contribution is -2.30. The molecule has 92 valence electrons. The first-order valence-corrected chi connectivity index (χ1v) is 4.17. The second-order valence-corrected chi connectivity index (χ2v) is 2.95. The van der Waals surface area contributed by atoms with E-state index in [9.17, 15) is 22.8 Å². The number of nitrogens with zero attached hydrogens (tertiary/aromatic N) is 2. The molecule has 0 bridgehead atoms. The Bertz CT molecular complexity index is 473. The van der Waals surface area contributed by atoms with Crippen LogP contribution in [0.4, 0.5) is 19.0 Å². The second kappa shape index (κ2) is 4.36. The summed E-state index contributed by atoms with van der Waals surface area (Å²) in [5.74, 6) is -4.00. The van der Waals surface area contributed by atoms with Crippen molar-refractivity contribution >= 4 is 17.7 Å². The molecule has 9 heteroatoms. The van der Waals surface area contributed by atoms with Gasteiger partial charge >= 0.3 is 18.1 Å². The van der Waals surface area contributed by atoms with Crippen LogP contribution in [-0.4, -0.2) is 33.1 Å². The number of carboxylic acid groups (broad SMARTS) is 1. The molecule has 0 spiro atoms. The lowest BCUT2D eigenvalue weighted by atomic mass is 10.4. The maximum atomic E-state index is 11.9. The van der Waals surface area contributed by atoms with E-state index in [1.807, 2.05) is 0 Å². The van der Waals surface area contributed by atoms with Gasteiger partial charge in [-0.2, -0.15) is 13.2 Å². The third-order valence-electron chi connectivity index (χ3n) is 1.66. The summed E-state index contributed by atoms with van der Waals surface area (Å²) in [6.07, 6.45) is -4.29. The SMILES string of the molecule is Cc1nc(C(=O)O)cnc1NC(=O)C(F)(F)F. The summed E-state index contributed by atoms with van der Waals surface area (Å²) in [6.45, 7) is 1.23. The van der Waals surface area contributed by atoms with Gasteiger partial charge in [-0.15, -0.1) is 0 Å². The van der Waals surface area contributed by atoms with E-state index in [0.29, 0.717) is 0 Å². The van der Waals surface area contributed by atoms with Crippen molar-refractivity contribution in [3.05, 3.63) is 17.6 Å². The summed E-state index contributed by atoms with van der Waals surface area (Å²) in [4.78, 5) is 27.9. The molecule has 2 N–H and O–H groups in total. The number of carboxylic acids is 1. The van der Waals surface area contributed by atoms with Crippen LogP contribution in [-0.2, 0) is 4.79 Å². The van der Waals surface area contributed by atoms with Crippen LogP contribution in [0, 0.1) is 6.92 Å². The molecule has 1 aromatic rings. The van der Waals surface area contributed by atoms with E-state index in [1.54, 1.807) is 0 Å². The molecular formula is C8H6F3N3O3. The zero-order chi connectivity index (χ0) is 13.2. The van der Waals surface area contributed by atoms with Crippen molar-refractivity contribution in [2.45, 2.75) is 13.1 Å². The van der Waals surface area contributed by atoms with Gasteiger partial charge in [0.05, 0.1) is 11.9 Å². The molecule has 0 aromatic carbocycles. The smallest absolute Gasteiger partial charge is 0.471 e. The number of carbonyl (C=O) groups excluding carboxylic acids is 1. The highest BCUT2D eigenvalue weighted by Gasteiger charge is 2.39. The number of hydrogen-bond acceptors (Lipinski definition) is 4. The van der Waals surface area contributed by atoms with Crippen LogP contribution in [0.1, 0.15) is 16.2 Å². The van der Waals surface area contributed by atoms with Gasteiger partial charge in [0.1, 0.15) is 0 Å². The molecular weight excluding hydrogens is 243 g/mol. The predicted octanol–water partition coefficient (Wildman–Crippen LogP) is 0.984. The molecule has 0 aliphatic heterocycles. The molecule has 1 aromatic heterocycles. The molecule has 0 aliphatic carbocycles. The number of alkyl halides is 3. The first kappa shape index (κ1) is 12.9. The minimum absolute atomic E-state index is 0.123. The Morgan fingerprint density at radius 3 is 2.41 bits per heavy atom. The predicted molar refractivity (Wildman–Crippen MR) is 48.4 cm³/mol. The highest BCUT2D eigenvalue weighted by Crippen LogP contribution is 2.18. The average Bonchev–Trinajstić information content (AvgIpc) is 2.19. The fourth-order valence-electron chi connectivity index (χ4n) is 0.886. The number of nitrogens with one attached hydrogen (secondary N) is 1. The van der Waals surface area contributed by atoms with Crippen LogP contribution in [0.3, 0.4) is 0 Å². The van der Waals surface area contributed by atoms with Gasteiger partial charge in [0.2, 0.25) is 0 Å². The second-order valence-electron chi connectivity index (χ2n) is 2.95. The zero-order valence-corrected chi connectivity index (χ0v) is 8.37. The highest BCUT2D eigenvalue weighted by atomic mass is 19.4. The molecule has 1 amide bonds. The molecule has 0 aliphatic rings. The number of anilines is 1. The van der Waals surface area contributed by atoms with E-state index in [0.717, 1.165) is 6.20 Å². The molecule has 1 rings (SSSR count). The monoisotopic (exact) mass is 249 g/mol. The lowest BCUT2D eigenvalue weighted by Gasteiger charge is -2.08. The van der Waals surface area contributed by atoms with E-state index in [2.05, 4.69) is 9.97 Å². The van der Waals surface area contributed by atoms with Crippen LogP contribution in [0.15, 0.2) is 6.20 Å². The van der Waals surface area contributed by atoms with Gasteiger partial charge in [-0.3, -0.25) is 4.79 Å². The van der Waals surface area contributed by atoms with Crippen molar-refractivity contribution in [2.24, 2.45) is 0 Å². The number of halogens is 3. The number of aromatic nitrogens is 2. The summed E-state index contributed by atoms with van der Waals surface area (Å²) < 4.78 is 35.8. The molecule has 0 fully saturated rings. The Hall–Kier alpha value is -2.19. The van der Waals surface area contributed by atoms with Crippen molar-refractivity contribution < 1.29 is 27.9 Å². The highest BCUT2D eigenvalue weighted by molar-refractivity contribution is 5.94. The Balaban J connectivity index is 2.95. The quantitative estimate of drug-likeness (QED) is 0.815. The van der Waals surface area contributed by atoms with E-state index < -0.39 is 29.6 Å². The normalized spacial score (nSPS) is 11.1. The van der Waals surface area contributed by atoms with Crippen LogP contribution in [0.5, 0.6) is 0 Å². The van der Waals surface area contributed by atoms with Gasteiger partial charge in [0.25, 0.3) is 0 Å². The van der Waals surface area contributed by atoms with Gasteiger partial charge in [-0.1, -0.05) is 0 Å². The van der Waals surface area contributed by atoms with Crippen molar-refractivity contribution in [3.63, 3.8) is 0 Å². The zero-order valence-electron chi connectivity index (χ0n) is 8.37. The minimum atomic E-state index is -5.04.